The molecule has 12 heavy (non-hydrogen) atoms. The van der Waals surface area contributed by atoms with Gasteiger partial charge in [0, 0.05) is 27.7 Å². The Bertz CT molecular complexity index is 170. The highest BCUT2D eigenvalue weighted by atomic mass is 32.2. The van der Waals surface area contributed by atoms with E-state index < -0.39 is 4.75 Å². The Kier molecular flexibility index (Phi) is 4.94. The predicted octanol–water partition coefficient (Wildman–Crippen LogP) is 2.04. The van der Waals surface area contributed by atoms with Crippen molar-refractivity contribution >= 4 is 23.3 Å². The summed E-state index contributed by atoms with van der Waals surface area (Å²) in [5, 5.41) is -0.0926. The van der Waals surface area contributed by atoms with Crippen molar-refractivity contribution in [3.8, 4) is 0 Å². The quantitative estimate of drug-likeness (QED) is 0.648. The van der Waals surface area contributed by atoms with E-state index in [4.69, 9.17) is 0 Å². The molecule has 0 aliphatic carbocycles. The fourth-order valence-corrected chi connectivity index (χ4v) is 2.54. The van der Waals surface area contributed by atoms with Gasteiger partial charge in [0.2, 0.25) is 0 Å². The molecule has 0 saturated heterocycles. The molecule has 2 nitrogen and oxygen atoms in total. The summed E-state index contributed by atoms with van der Waals surface area (Å²) < 4.78 is 21.2. The fourth-order valence-electron chi connectivity index (χ4n) is 1.23. The van der Waals surface area contributed by atoms with Crippen LogP contribution >= 0.6 is 0 Å². The van der Waals surface area contributed by atoms with Crippen molar-refractivity contribution in [2.45, 2.75) is 44.1 Å². The Morgan fingerprint density at radius 3 is 1.92 bits per heavy atom. The van der Waals surface area contributed by atoms with Crippen LogP contribution in [0, 0.1) is 5.92 Å². The first-order valence-corrected chi connectivity index (χ1v) is 5.66. The van der Waals surface area contributed by atoms with Crippen LogP contribution in [0.15, 0.2) is 0 Å². The molecule has 0 aromatic rings. The van der Waals surface area contributed by atoms with Crippen LogP contribution in [0.4, 0.5) is 0 Å². The summed E-state index contributed by atoms with van der Waals surface area (Å²) in [6, 6.07) is 0. The average molecular weight is 208 g/mol. The molecule has 0 amide bonds. The molecule has 0 rings (SSSR count). The molecule has 0 aliphatic rings. The molecular weight excluding hydrogens is 192 g/mol. The Morgan fingerprint density at radius 2 is 1.83 bits per heavy atom. The average Bonchev–Trinajstić information content (AvgIpc) is 2.04. The Balaban J connectivity index is 4.66. The predicted molar refractivity (Wildman–Crippen MR) is 53.4 cm³/mol. The molecule has 0 N–H and O–H groups in total. The van der Waals surface area contributed by atoms with E-state index >= 15 is 0 Å². The van der Waals surface area contributed by atoms with E-state index in [2.05, 4.69) is 0 Å². The molecule has 70 valence electrons. The van der Waals surface area contributed by atoms with Crippen molar-refractivity contribution in [2.75, 3.05) is 0 Å². The smallest absolute Gasteiger partial charge is 0.0593 e. The lowest BCUT2D eigenvalue weighted by molar-refractivity contribution is 0.456. The van der Waals surface area contributed by atoms with Crippen LogP contribution in [0.2, 0.25) is 0 Å². The third kappa shape index (κ3) is 2.52. The van der Waals surface area contributed by atoms with E-state index in [0.29, 0.717) is 23.3 Å². The maximum Gasteiger partial charge on any atom is 0.471 e. The SMILES string of the molecule is CCC(C)([S+]=O)C([S+]=O)C(C)C. The second-order valence-electron chi connectivity index (χ2n) is 3.51. The molecule has 0 heterocycles. The van der Waals surface area contributed by atoms with E-state index in [0.717, 1.165) is 6.42 Å². The molecule has 0 saturated carbocycles. The highest BCUT2D eigenvalue weighted by Crippen LogP contribution is 2.24. The minimum atomic E-state index is -0.416. The van der Waals surface area contributed by atoms with Crippen LogP contribution < -0.4 is 0 Å². The van der Waals surface area contributed by atoms with E-state index in [1.165, 1.54) is 0 Å². The lowest BCUT2D eigenvalue weighted by Crippen LogP contribution is -2.40. The van der Waals surface area contributed by atoms with E-state index in [9.17, 15) is 8.42 Å². The monoisotopic (exact) mass is 208 g/mol. The van der Waals surface area contributed by atoms with Crippen molar-refractivity contribution in [1.29, 1.82) is 0 Å². The van der Waals surface area contributed by atoms with Crippen molar-refractivity contribution < 1.29 is 8.42 Å². The maximum atomic E-state index is 10.9. The molecule has 4 heteroatoms. The Hall–Kier alpha value is 0.0400. The summed E-state index contributed by atoms with van der Waals surface area (Å²) in [5.41, 5.74) is 0. The first kappa shape index (κ1) is 12.0. The number of hydrogen-bond acceptors (Lipinski definition) is 2. The van der Waals surface area contributed by atoms with Crippen molar-refractivity contribution in [3.05, 3.63) is 0 Å². The van der Waals surface area contributed by atoms with Crippen LogP contribution in [0.1, 0.15) is 34.1 Å². The van der Waals surface area contributed by atoms with Gasteiger partial charge < -0.3 is 0 Å². The Morgan fingerprint density at radius 1 is 1.33 bits per heavy atom. The van der Waals surface area contributed by atoms with Gasteiger partial charge in [0.15, 0.2) is 0 Å². The van der Waals surface area contributed by atoms with Crippen molar-refractivity contribution in [3.63, 3.8) is 0 Å². The molecule has 2 unspecified atom stereocenters. The molecule has 0 aromatic carbocycles. The van der Waals surface area contributed by atoms with Crippen LogP contribution in [-0.4, -0.2) is 10.00 Å². The standard InChI is InChI=1S/C8H16O2S2/c1-5-8(4,12-10)7(11-9)6(2)3/h6-7H,5H2,1-4H3/q+2. The molecule has 0 bridgehead atoms. The normalized spacial score (nSPS) is 18.4. The topological polar surface area (TPSA) is 34.1 Å². The zero-order chi connectivity index (χ0) is 9.78. The third-order valence-electron chi connectivity index (χ3n) is 2.20. The second-order valence-corrected chi connectivity index (χ2v) is 5.31. The molecule has 0 aliphatic heterocycles. The first-order chi connectivity index (χ1) is 5.51. The first-order valence-electron chi connectivity index (χ1n) is 4.11. The van der Waals surface area contributed by atoms with Crippen LogP contribution in [-0.2, 0) is 31.8 Å². The van der Waals surface area contributed by atoms with Crippen LogP contribution in [0.3, 0.4) is 0 Å². The lowest BCUT2D eigenvalue weighted by atomic mass is 9.95. The molecule has 2 atom stereocenters. The lowest BCUT2D eigenvalue weighted by Gasteiger charge is -2.11. The zero-order valence-corrected chi connectivity index (χ0v) is 9.63. The van der Waals surface area contributed by atoms with Crippen LogP contribution in [0.25, 0.3) is 0 Å². The molecule has 0 aromatic heterocycles. The number of hydrogen-bond donors (Lipinski definition) is 0. The van der Waals surface area contributed by atoms with Crippen molar-refractivity contribution in [1.82, 2.24) is 0 Å². The van der Waals surface area contributed by atoms with Gasteiger partial charge in [-0.15, -0.1) is 0 Å². The van der Waals surface area contributed by atoms with Gasteiger partial charge in [0.1, 0.15) is 0 Å². The van der Waals surface area contributed by atoms with Gasteiger partial charge >= 0.3 is 33.3 Å². The highest BCUT2D eigenvalue weighted by molar-refractivity contribution is 7.71. The van der Waals surface area contributed by atoms with E-state index in [-0.39, 0.29) is 11.2 Å². The summed E-state index contributed by atoms with van der Waals surface area (Å²) >= 11 is 1.13. The summed E-state index contributed by atoms with van der Waals surface area (Å²) in [5.74, 6) is 0.263. The summed E-state index contributed by atoms with van der Waals surface area (Å²) in [6.07, 6.45) is 0.749. The van der Waals surface area contributed by atoms with Gasteiger partial charge in [-0.3, -0.25) is 0 Å². The van der Waals surface area contributed by atoms with Gasteiger partial charge in [-0.05, 0) is 0 Å². The Labute approximate surface area is 82.1 Å². The largest absolute Gasteiger partial charge is 0.471 e. The van der Waals surface area contributed by atoms with Gasteiger partial charge in [-0.1, -0.05) is 20.8 Å². The van der Waals surface area contributed by atoms with Crippen LogP contribution in [0.5, 0.6) is 0 Å². The summed E-state index contributed by atoms with van der Waals surface area (Å²) in [4.78, 5) is 0. The summed E-state index contributed by atoms with van der Waals surface area (Å²) in [7, 11) is 0. The number of rotatable bonds is 5. The molecule has 0 fully saturated rings. The molecular formula is C8H16O2S2+2. The van der Waals surface area contributed by atoms with E-state index in [1.54, 1.807) is 0 Å². The minimum absolute atomic E-state index is 0.0926. The van der Waals surface area contributed by atoms with Gasteiger partial charge in [0.05, 0.1) is 0 Å². The third-order valence-corrected chi connectivity index (χ3v) is 4.55. The highest BCUT2D eigenvalue weighted by Gasteiger charge is 2.56. The van der Waals surface area contributed by atoms with Gasteiger partial charge in [-0.2, -0.15) is 0 Å². The zero-order valence-electron chi connectivity index (χ0n) is 7.99. The molecule has 0 spiro atoms. The van der Waals surface area contributed by atoms with Gasteiger partial charge in [-0.25, -0.2) is 0 Å². The van der Waals surface area contributed by atoms with Crippen molar-refractivity contribution in [2.24, 2.45) is 5.92 Å². The fraction of sp³-hybridized carbons (Fsp3) is 1.00. The second kappa shape index (κ2) is 4.92. The molecule has 0 radical (unpaired) electrons. The van der Waals surface area contributed by atoms with E-state index in [1.807, 2.05) is 27.7 Å². The minimum Gasteiger partial charge on any atom is -0.0593 e. The maximum absolute atomic E-state index is 10.9. The summed E-state index contributed by atoms with van der Waals surface area (Å²) in [6.45, 7) is 7.80. The van der Waals surface area contributed by atoms with Gasteiger partial charge in [0.25, 0.3) is 0 Å².